The van der Waals surface area contributed by atoms with Gasteiger partial charge in [-0.25, -0.2) is 0 Å². The van der Waals surface area contributed by atoms with Gasteiger partial charge in [0.1, 0.15) is 23.6 Å². The molecule has 0 saturated carbocycles. The molecule has 3 aromatic rings. The van der Waals surface area contributed by atoms with Crippen LogP contribution in [0.1, 0.15) is 42.2 Å². The first kappa shape index (κ1) is 22.4. The summed E-state index contributed by atoms with van der Waals surface area (Å²) in [7, 11) is 1.92. The molecule has 0 radical (unpaired) electrons. The van der Waals surface area contributed by atoms with Gasteiger partial charge >= 0.3 is 0 Å². The van der Waals surface area contributed by atoms with Crippen LogP contribution in [0, 0.1) is 6.92 Å². The van der Waals surface area contributed by atoms with E-state index >= 15 is 0 Å². The lowest BCUT2D eigenvalue weighted by Crippen LogP contribution is -2.51. The van der Waals surface area contributed by atoms with E-state index in [-0.39, 0.29) is 12.2 Å². The van der Waals surface area contributed by atoms with Gasteiger partial charge < -0.3 is 19.5 Å². The molecule has 0 bridgehead atoms. The predicted molar refractivity (Wildman–Crippen MR) is 129 cm³/mol. The molecule has 0 saturated heterocycles. The lowest BCUT2D eigenvalue weighted by atomic mass is 9.87. The van der Waals surface area contributed by atoms with Crippen molar-refractivity contribution in [1.82, 2.24) is 0 Å². The molecule has 0 aliphatic carbocycles. The molecule has 4 rings (SSSR count). The first-order chi connectivity index (χ1) is 15.5. The van der Waals surface area contributed by atoms with Crippen LogP contribution in [0.15, 0.2) is 72.8 Å². The van der Waals surface area contributed by atoms with E-state index in [1.807, 2.05) is 25.2 Å². The standard InChI is InChI=1S/C28H33NO3/c1-20-10-12-22(13-11-20)19-31-27-26(30-17-16-21-8-6-5-7-9-21)24-18-23(29-4)14-15-25(24)32-28(27,2)3/h5-15,18,26-27,29H,16-17,19H2,1-4H3. The van der Waals surface area contributed by atoms with Gasteiger partial charge in [0.2, 0.25) is 0 Å². The molecular weight excluding hydrogens is 398 g/mol. The lowest BCUT2D eigenvalue weighted by Gasteiger charge is -2.44. The maximum absolute atomic E-state index is 6.54. The Morgan fingerprint density at radius 1 is 0.906 bits per heavy atom. The minimum atomic E-state index is -0.531. The third-order valence-electron chi connectivity index (χ3n) is 6.02. The number of benzene rings is 3. The lowest BCUT2D eigenvalue weighted by molar-refractivity contribution is -0.167. The van der Waals surface area contributed by atoms with Gasteiger partial charge in [0.05, 0.1) is 13.2 Å². The Morgan fingerprint density at radius 3 is 2.38 bits per heavy atom. The second-order valence-electron chi connectivity index (χ2n) is 8.95. The summed E-state index contributed by atoms with van der Waals surface area (Å²) in [6, 6.07) is 25.1. The Hall–Kier alpha value is -2.82. The first-order valence-electron chi connectivity index (χ1n) is 11.3. The fraction of sp³-hybridized carbons (Fsp3) is 0.357. The number of nitrogens with one attached hydrogen (secondary N) is 1. The van der Waals surface area contributed by atoms with Crippen LogP contribution in [0.5, 0.6) is 5.75 Å². The third kappa shape index (κ3) is 5.14. The third-order valence-corrected chi connectivity index (χ3v) is 6.02. The van der Waals surface area contributed by atoms with Crippen LogP contribution in [-0.4, -0.2) is 25.4 Å². The van der Waals surface area contributed by atoms with Crippen molar-refractivity contribution in [1.29, 1.82) is 0 Å². The molecule has 0 spiro atoms. The minimum Gasteiger partial charge on any atom is -0.485 e. The van der Waals surface area contributed by atoms with E-state index in [2.05, 4.69) is 80.7 Å². The average Bonchev–Trinajstić information content (AvgIpc) is 2.79. The summed E-state index contributed by atoms with van der Waals surface area (Å²) in [5, 5.41) is 3.23. The van der Waals surface area contributed by atoms with Crippen molar-refractivity contribution in [3.8, 4) is 5.75 Å². The predicted octanol–water partition coefficient (Wildman–Crippen LogP) is 6.09. The number of ether oxygens (including phenoxy) is 3. The minimum absolute atomic E-state index is 0.226. The molecule has 4 heteroatoms. The Labute approximate surface area is 191 Å². The van der Waals surface area contributed by atoms with E-state index in [0.717, 1.165) is 29.0 Å². The fourth-order valence-corrected chi connectivity index (χ4v) is 4.17. The Kier molecular flexibility index (Phi) is 6.83. The number of hydrogen-bond donors (Lipinski definition) is 1. The summed E-state index contributed by atoms with van der Waals surface area (Å²) in [6.45, 7) is 7.37. The molecule has 32 heavy (non-hydrogen) atoms. The van der Waals surface area contributed by atoms with Crippen LogP contribution in [0.2, 0.25) is 0 Å². The molecule has 0 amide bonds. The maximum atomic E-state index is 6.54. The van der Waals surface area contributed by atoms with Gasteiger partial charge in [-0.05, 0) is 56.5 Å². The van der Waals surface area contributed by atoms with Gasteiger partial charge in [0.25, 0.3) is 0 Å². The van der Waals surface area contributed by atoms with Gasteiger partial charge in [-0.3, -0.25) is 0 Å². The summed E-state index contributed by atoms with van der Waals surface area (Å²) in [5.74, 6) is 0.855. The summed E-state index contributed by atoms with van der Waals surface area (Å²) in [4.78, 5) is 0. The van der Waals surface area contributed by atoms with Crippen molar-refractivity contribution < 1.29 is 14.2 Å². The summed E-state index contributed by atoms with van der Waals surface area (Å²) < 4.78 is 19.4. The van der Waals surface area contributed by atoms with Crippen LogP contribution in [-0.2, 0) is 22.5 Å². The van der Waals surface area contributed by atoms with Gasteiger partial charge in [-0.1, -0.05) is 60.2 Å². The Balaban J connectivity index is 1.58. The summed E-state index contributed by atoms with van der Waals surface area (Å²) in [5.41, 5.74) is 5.17. The van der Waals surface area contributed by atoms with E-state index in [9.17, 15) is 0 Å². The van der Waals surface area contributed by atoms with Crippen LogP contribution < -0.4 is 10.1 Å². The highest BCUT2D eigenvalue weighted by Gasteiger charge is 2.45. The van der Waals surface area contributed by atoms with Crippen LogP contribution in [0.25, 0.3) is 0 Å². The molecule has 168 valence electrons. The zero-order valence-electron chi connectivity index (χ0n) is 19.4. The van der Waals surface area contributed by atoms with Crippen molar-refractivity contribution in [3.05, 3.63) is 95.1 Å². The second kappa shape index (κ2) is 9.76. The SMILES string of the molecule is CNc1ccc2c(c1)C(OCCc1ccccc1)C(OCc1ccc(C)cc1)C(C)(C)O2. The van der Waals surface area contributed by atoms with Crippen LogP contribution >= 0.6 is 0 Å². The van der Waals surface area contributed by atoms with Gasteiger partial charge in [-0.2, -0.15) is 0 Å². The highest BCUT2D eigenvalue weighted by molar-refractivity contribution is 5.53. The Bertz CT molecular complexity index is 1010. The molecule has 0 fully saturated rings. The highest BCUT2D eigenvalue weighted by Crippen LogP contribution is 2.44. The highest BCUT2D eigenvalue weighted by atomic mass is 16.6. The average molecular weight is 432 g/mol. The summed E-state index contributed by atoms with van der Waals surface area (Å²) >= 11 is 0. The smallest absolute Gasteiger partial charge is 0.132 e. The van der Waals surface area contributed by atoms with Crippen molar-refractivity contribution in [2.45, 2.75) is 51.6 Å². The van der Waals surface area contributed by atoms with Gasteiger partial charge in [0, 0.05) is 18.3 Å². The topological polar surface area (TPSA) is 39.7 Å². The second-order valence-corrected chi connectivity index (χ2v) is 8.95. The fourth-order valence-electron chi connectivity index (χ4n) is 4.17. The van der Waals surface area contributed by atoms with Crippen molar-refractivity contribution in [3.63, 3.8) is 0 Å². The van der Waals surface area contributed by atoms with Crippen molar-refractivity contribution >= 4 is 5.69 Å². The van der Waals surface area contributed by atoms with E-state index in [0.29, 0.717) is 13.2 Å². The zero-order valence-corrected chi connectivity index (χ0v) is 19.4. The van der Waals surface area contributed by atoms with Crippen molar-refractivity contribution in [2.24, 2.45) is 0 Å². The molecule has 1 N–H and O–H groups in total. The number of aryl methyl sites for hydroxylation is 1. The number of fused-ring (bicyclic) bond motifs is 1. The van der Waals surface area contributed by atoms with Crippen molar-refractivity contribution in [2.75, 3.05) is 19.0 Å². The molecule has 1 heterocycles. The van der Waals surface area contributed by atoms with E-state index < -0.39 is 5.60 Å². The molecular formula is C28H33NO3. The number of rotatable bonds is 8. The molecule has 2 atom stereocenters. The van der Waals surface area contributed by atoms with Crippen LogP contribution in [0.4, 0.5) is 5.69 Å². The molecule has 0 aromatic heterocycles. The first-order valence-corrected chi connectivity index (χ1v) is 11.3. The Morgan fingerprint density at radius 2 is 1.66 bits per heavy atom. The van der Waals surface area contributed by atoms with Gasteiger partial charge in [0.15, 0.2) is 0 Å². The molecule has 2 unspecified atom stereocenters. The van der Waals surface area contributed by atoms with E-state index in [1.165, 1.54) is 11.1 Å². The molecule has 1 aliphatic rings. The molecule has 3 aromatic carbocycles. The summed E-state index contributed by atoms with van der Waals surface area (Å²) in [6.07, 6.45) is 0.375. The quantitative estimate of drug-likeness (QED) is 0.468. The largest absolute Gasteiger partial charge is 0.485 e. The van der Waals surface area contributed by atoms with E-state index in [4.69, 9.17) is 14.2 Å². The van der Waals surface area contributed by atoms with Crippen LogP contribution in [0.3, 0.4) is 0 Å². The number of anilines is 1. The number of hydrogen-bond acceptors (Lipinski definition) is 4. The molecule has 4 nitrogen and oxygen atoms in total. The zero-order chi connectivity index (χ0) is 22.6. The van der Waals surface area contributed by atoms with E-state index in [1.54, 1.807) is 0 Å². The monoisotopic (exact) mass is 431 g/mol. The molecule has 1 aliphatic heterocycles. The normalized spacial score (nSPS) is 19.1. The van der Waals surface area contributed by atoms with Gasteiger partial charge in [-0.15, -0.1) is 0 Å². The maximum Gasteiger partial charge on any atom is 0.132 e.